The number of carbonyl (C=O) groups excluding carboxylic acids is 1. The summed E-state index contributed by atoms with van der Waals surface area (Å²) in [4.78, 5) is 11.8. The highest BCUT2D eigenvalue weighted by molar-refractivity contribution is 9.10. The van der Waals surface area contributed by atoms with Gasteiger partial charge >= 0.3 is 0 Å². The first kappa shape index (κ1) is 16.2. The van der Waals surface area contributed by atoms with E-state index in [0.29, 0.717) is 12.1 Å². The zero-order valence-corrected chi connectivity index (χ0v) is 13.6. The molecule has 22 heavy (non-hydrogen) atoms. The van der Waals surface area contributed by atoms with Crippen molar-refractivity contribution in [1.82, 2.24) is 5.32 Å². The van der Waals surface area contributed by atoms with Gasteiger partial charge in [-0.1, -0.05) is 28.1 Å². The van der Waals surface area contributed by atoms with E-state index >= 15 is 0 Å². The van der Waals surface area contributed by atoms with Crippen molar-refractivity contribution in [3.05, 3.63) is 70.0 Å². The van der Waals surface area contributed by atoms with Gasteiger partial charge in [0.2, 0.25) is 5.91 Å². The van der Waals surface area contributed by atoms with Gasteiger partial charge in [-0.2, -0.15) is 0 Å². The largest absolute Gasteiger partial charge is 0.497 e. The Kier molecular flexibility index (Phi) is 5.72. The quantitative estimate of drug-likeness (QED) is 0.817. The molecule has 0 fully saturated rings. The molecule has 0 aliphatic heterocycles. The van der Waals surface area contributed by atoms with E-state index in [1.54, 1.807) is 19.2 Å². The Bertz CT molecular complexity index is 684. The van der Waals surface area contributed by atoms with Gasteiger partial charge in [0.1, 0.15) is 11.6 Å². The molecule has 3 nitrogen and oxygen atoms in total. The highest BCUT2D eigenvalue weighted by Gasteiger charge is 2.01. The van der Waals surface area contributed by atoms with Gasteiger partial charge in [0, 0.05) is 22.7 Å². The summed E-state index contributed by atoms with van der Waals surface area (Å²) < 4.78 is 19.3. The third kappa shape index (κ3) is 4.70. The second-order valence-electron chi connectivity index (χ2n) is 4.57. The molecule has 2 rings (SSSR count). The third-order valence-electron chi connectivity index (χ3n) is 3.00. The summed E-state index contributed by atoms with van der Waals surface area (Å²) >= 11 is 3.27. The lowest BCUT2D eigenvalue weighted by atomic mass is 10.2. The number of hydrogen-bond acceptors (Lipinski definition) is 2. The second-order valence-corrected chi connectivity index (χ2v) is 5.48. The van der Waals surface area contributed by atoms with E-state index in [1.807, 2.05) is 24.3 Å². The van der Waals surface area contributed by atoms with Crippen LogP contribution in [0.2, 0.25) is 0 Å². The molecule has 0 saturated heterocycles. The fourth-order valence-electron chi connectivity index (χ4n) is 1.80. The summed E-state index contributed by atoms with van der Waals surface area (Å²) in [6.07, 6.45) is 2.76. The van der Waals surface area contributed by atoms with Crippen molar-refractivity contribution in [3.8, 4) is 5.75 Å². The normalized spacial score (nSPS) is 10.7. The van der Waals surface area contributed by atoms with Crippen molar-refractivity contribution in [1.29, 1.82) is 0 Å². The molecular formula is C17H15BrFNO2. The van der Waals surface area contributed by atoms with Crippen LogP contribution < -0.4 is 10.1 Å². The first-order valence-electron chi connectivity index (χ1n) is 6.62. The first-order valence-corrected chi connectivity index (χ1v) is 7.41. The molecule has 0 bridgehead atoms. The summed E-state index contributed by atoms with van der Waals surface area (Å²) in [6.45, 7) is 0.397. The topological polar surface area (TPSA) is 38.3 Å². The van der Waals surface area contributed by atoms with E-state index in [1.165, 1.54) is 18.2 Å². The lowest BCUT2D eigenvalue weighted by Crippen LogP contribution is -2.20. The lowest BCUT2D eigenvalue weighted by molar-refractivity contribution is -0.116. The number of hydrogen-bond donors (Lipinski definition) is 1. The monoisotopic (exact) mass is 363 g/mol. The Balaban J connectivity index is 1.92. The molecule has 1 amide bonds. The summed E-state index contributed by atoms with van der Waals surface area (Å²) in [6, 6.07) is 12.0. The number of methoxy groups -OCH3 is 1. The van der Waals surface area contributed by atoms with Crippen LogP contribution in [0.1, 0.15) is 11.1 Å². The van der Waals surface area contributed by atoms with Crippen LogP contribution in [0.5, 0.6) is 5.75 Å². The molecule has 0 aromatic heterocycles. The van der Waals surface area contributed by atoms with Gasteiger partial charge in [0.15, 0.2) is 0 Å². The van der Waals surface area contributed by atoms with E-state index < -0.39 is 0 Å². The minimum Gasteiger partial charge on any atom is -0.497 e. The first-order chi connectivity index (χ1) is 10.6. The zero-order valence-electron chi connectivity index (χ0n) is 12.0. The number of ether oxygens (including phenoxy) is 1. The highest BCUT2D eigenvalue weighted by atomic mass is 79.9. The molecule has 2 aromatic carbocycles. The zero-order chi connectivity index (χ0) is 15.9. The van der Waals surface area contributed by atoms with Crippen molar-refractivity contribution in [2.45, 2.75) is 6.54 Å². The fraction of sp³-hybridized carbons (Fsp3) is 0.118. The van der Waals surface area contributed by atoms with Crippen LogP contribution in [0.25, 0.3) is 6.08 Å². The number of amides is 1. The fourth-order valence-corrected chi connectivity index (χ4v) is 2.18. The van der Waals surface area contributed by atoms with Crippen LogP contribution in [0, 0.1) is 5.82 Å². The van der Waals surface area contributed by atoms with Gasteiger partial charge in [0.05, 0.1) is 7.11 Å². The average Bonchev–Trinajstić information content (AvgIpc) is 2.54. The molecule has 0 aliphatic rings. The number of rotatable bonds is 5. The Hall–Kier alpha value is -2.14. The highest BCUT2D eigenvalue weighted by Crippen LogP contribution is 2.16. The summed E-state index contributed by atoms with van der Waals surface area (Å²) in [5.74, 6) is 0.109. The number of nitrogens with one attached hydrogen (secondary N) is 1. The number of benzene rings is 2. The van der Waals surface area contributed by atoms with Crippen molar-refractivity contribution < 1.29 is 13.9 Å². The maximum Gasteiger partial charge on any atom is 0.244 e. The van der Waals surface area contributed by atoms with Crippen molar-refractivity contribution in [2.75, 3.05) is 7.11 Å². The predicted octanol–water partition coefficient (Wildman–Crippen LogP) is 3.93. The van der Waals surface area contributed by atoms with Gasteiger partial charge in [-0.05, 0) is 42.0 Å². The minimum atomic E-state index is -0.373. The molecule has 0 spiro atoms. The van der Waals surface area contributed by atoms with Gasteiger partial charge in [-0.25, -0.2) is 4.39 Å². The average molecular weight is 364 g/mol. The van der Waals surface area contributed by atoms with E-state index in [0.717, 1.165) is 15.8 Å². The number of halogens is 2. The van der Waals surface area contributed by atoms with E-state index in [4.69, 9.17) is 4.74 Å². The molecule has 1 N–H and O–H groups in total. The molecule has 0 heterocycles. The Labute approximate surface area is 136 Å². The van der Waals surface area contributed by atoms with Crippen LogP contribution in [-0.2, 0) is 11.3 Å². The van der Waals surface area contributed by atoms with Gasteiger partial charge in [-0.15, -0.1) is 0 Å². The standard InChI is InChI=1S/C17H15BrFNO2/c1-22-15-6-2-12(3-7-15)11-20-17(21)9-4-13-10-14(18)5-8-16(13)19/h2-10H,11H2,1H3,(H,20,21)/b9-4+. The maximum absolute atomic E-state index is 13.5. The van der Waals surface area contributed by atoms with E-state index in [9.17, 15) is 9.18 Å². The van der Waals surface area contributed by atoms with Crippen LogP contribution in [-0.4, -0.2) is 13.0 Å². The summed E-state index contributed by atoms with van der Waals surface area (Å²) in [7, 11) is 1.60. The Morgan fingerprint density at radius 2 is 2.00 bits per heavy atom. The van der Waals surface area contributed by atoms with E-state index in [2.05, 4.69) is 21.2 Å². The molecule has 0 atom stereocenters. The number of carbonyl (C=O) groups is 1. The maximum atomic E-state index is 13.5. The van der Waals surface area contributed by atoms with Crippen molar-refractivity contribution in [3.63, 3.8) is 0 Å². The van der Waals surface area contributed by atoms with Crippen LogP contribution >= 0.6 is 15.9 Å². The second kappa shape index (κ2) is 7.75. The summed E-state index contributed by atoms with van der Waals surface area (Å²) in [5, 5.41) is 2.74. The lowest BCUT2D eigenvalue weighted by Gasteiger charge is -2.04. The molecule has 2 aromatic rings. The van der Waals surface area contributed by atoms with E-state index in [-0.39, 0.29) is 11.7 Å². The Morgan fingerprint density at radius 1 is 1.27 bits per heavy atom. The smallest absolute Gasteiger partial charge is 0.244 e. The van der Waals surface area contributed by atoms with Crippen LogP contribution in [0.4, 0.5) is 4.39 Å². The Morgan fingerprint density at radius 3 is 2.68 bits per heavy atom. The van der Waals surface area contributed by atoms with Crippen LogP contribution in [0.15, 0.2) is 53.0 Å². The molecule has 5 heteroatoms. The van der Waals surface area contributed by atoms with Crippen LogP contribution in [0.3, 0.4) is 0 Å². The molecule has 0 radical (unpaired) electrons. The SMILES string of the molecule is COc1ccc(CNC(=O)/C=C/c2cc(Br)ccc2F)cc1. The predicted molar refractivity (Wildman–Crippen MR) is 88.0 cm³/mol. The van der Waals surface area contributed by atoms with Gasteiger partial charge in [0.25, 0.3) is 0 Å². The molecule has 0 unspecified atom stereocenters. The van der Waals surface area contributed by atoms with Gasteiger partial charge in [-0.3, -0.25) is 4.79 Å². The molecule has 0 aliphatic carbocycles. The van der Waals surface area contributed by atoms with Gasteiger partial charge < -0.3 is 10.1 Å². The van der Waals surface area contributed by atoms with Crippen molar-refractivity contribution in [2.24, 2.45) is 0 Å². The molecule has 114 valence electrons. The molecule has 0 saturated carbocycles. The third-order valence-corrected chi connectivity index (χ3v) is 3.49. The molecular weight excluding hydrogens is 349 g/mol. The summed E-state index contributed by atoms with van der Waals surface area (Å²) in [5.41, 5.74) is 1.31. The minimum absolute atomic E-state index is 0.282. The van der Waals surface area contributed by atoms with Crippen molar-refractivity contribution >= 4 is 27.9 Å².